The Labute approximate surface area is 94.5 Å². The van der Waals surface area contributed by atoms with Gasteiger partial charge in [-0.25, -0.2) is 0 Å². The summed E-state index contributed by atoms with van der Waals surface area (Å²) in [6.07, 6.45) is -0.293. The van der Waals surface area contributed by atoms with E-state index in [9.17, 15) is 13.2 Å². The number of halogens is 3. The SMILES string of the molecule is CC(C)C1CCC(NOCC(F)(F)F)CC1. The van der Waals surface area contributed by atoms with E-state index in [1.54, 1.807) is 0 Å². The molecule has 1 aliphatic rings. The minimum Gasteiger partial charge on any atom is -0.292 e. The average Bonchev–Trinajstić information content (AvgIpc) is 2.16. The van der Waals surface area contributed by atoms with Crippen molar-refractivity contribution in [3.05, 3.63) is 0 Å². The van der Waals surface area contributed by atoms with Crippen LogP contribution in [0.2, 0.25) is 0 Å². The van der Waals surface area contributed by atoms with Crippen molar-refractivity contribution in [1.82, 2.24) is 5.48 Å². The highest BCUT2D eigenvalue weighted by atomic mass is 19.4. The fourth-order valence-corrected chi connectivity index (χ4v) is 2.15. The van der Waals surface area contributed by atoms with E-state index in [0.717, 1.165) is 25.7 Å². The van der Waals surface area contributed by atoms with E-state index in [1.807, 2.05) is 0 Å². The van der Waals surface area contributed by atoms with Crippen LogP contribution in [0.3, 0.4) is 0 Å². The van der Waals surface area contributed by atoms with Gasteiger partial charge in [-0.2, -0.15) is 18.7 Å². The van der Waals surface area contributed by atoms with Crippen molar-refractivity contribution >= 4 is 0 Å². The van der Waals surface area contributed by atoms with Gasteiger partial charge in [0.15, 0.2) is 6.61 Å². The molecule has 2 nitrogen and oxygen atoms in total. The molecule has 0 aromatic carbocycles. The largest absolute Gasteiger partial charge is 0.413 e. The summed E-state index contributed by atoms with van der Waals surface area (Å²) in [5, 5.41) is 0. The Kier molecular flexibility index (Phi) is 5.05. The highest BCUT2D eigenvalue weighted by Gasteiger charge is 2.29. The van der Waals surface area contributed by atoms with Crippen LogP contribution in [0.4, 0.5) is 13.2 Å². The summed E-state index contributed by atoms with van der Waals surface area (Å²) in [4.78, 5) is 4.46. The zero-order chi connectivity index (χ0) is 12.2. The normalized spacial score (nSPS) is 27.4. The average molecular weight is 239 g/mol. The monoisotopic (exact) mass is 239 g/mol. The van der Waals surface area contributed by atoms with E-state index in [2.05, 4.69) is 24.2 Å². The maximum atomic E-state index is 11.8. The zero-order valence-corrected chi connectivity index (χ0v) is 9.81. The molecule has 0 unspecified atom stereocenters. The van der Waals surface area contributed by atoms with Crippen molar-refractivity contribution in [1.29, 1.82) is 0 Å². The first-order valence-corrected chi connectivity index (χ1v) is 5.82. The van der Waals surface area contributed by atoms with Crippen LogP contribution in [-0.2, 0) is 4.84 Å². The highest BCUT2D eigenvalue weighted by molar-refractivity contribution is 4.76. The van der Waals surface area contributed by atoms with Crippen molar-refractivity contribution in [2.75, 3.05) is 6.61 Å². The molecule has 1 aliphatic carbocycles. The molecule has 1 N–H and O–H groups in total. The molecule has 1 saturated carbocycles. The lowest BCUT2D eigenvalue weighted by Crippen LogP contribution is -2.36. The quantitative estimate of drug-likeness (QED) is 0.760. The van der Waals surface area contributed by atoms with Crippen molar-refractivity contribution in [2.24, 2.45) is 11.8 Å². The summed E-state index contributed by atoms with van der Waals surface area (Å²) in [6, 6.07) is 0.0809. The third-order valence-corrected chi connectivity index (χ3v) is 3.20. The fourth-order valence-electron chi connectivity index (χ4n) is 2.15. The molecule has 1 rings (SSSR count). The Morgan fingerprint density at radius 3 is 2.19 bits per heavy atom. The lowest BCUT2D eigenvalue weighted by molar-refractivity contribution is -0.194. The molecule has 0 amide bonds. The predicted molar refractivity (Wildman–Crippen MR) is 55.7 cm³/mol. The molecule has 0 aliphatic heterocycles. The number of alkyl halides is 3. The predicted octanol–water partition coefficient (Wildman–Crippen LogP) is 3.28. The lowest BCUT2D eigenvalue weighted by atomic mass is 9.80. The Balaban J connectivity index is 2.13. The number of nitrogens with one attached hydrogen (secondary N) is 1. The third-order valence-electron chi connectivity index (χ3n) is 3.20. The third kappa shape index (κ3) is 5.16. The number of hydrogen-bond donors (Lipinski definition) is 1. The maximum Gasteiger partial charge on any atom is 0.413 e. The molecule has 0 heterocycles. The maximum absolute atomic E-state index is 11.8. The Bertz CT molecular complexity index is 198. The van der Waals surface area contributed by atoms with E-state index < -0.39 is 12.8 Å². The van der Waals surface area contributed by atoms with Crippen LogP contribution in [0.25, 0.3) is 0 Å². The van der Waals surface area contributed by atoms with Crippen LogP contribution < -0.4 is 5.48 Å². The van der Waals surface area contributed by atoms with Gasteiger partial charge in [-0.3, -0.25) is 4.84 Å². The summed E-state index contributed by atoms with van der Waals surface area (Å²) in [6.45, 7) is 3.17. The molecule has 16 heavy (non-hydrogen) atoms. The molecular weight excluding hydrogens is 219 g/mol. The van der Waals surface area contributed by atoms with Crippen LogP contribution >= 0.6 is 0 Å². The van der Waals surface area contributed by atoms with Gasteiger partial charge in [-0.1, -0.05) is 13.8 Å². The minimum absolute atomic E-state index is 0.0809. The molecule has 0 spiro atoms. The highest BCUT2D eigenvalue weighted by Crippen LogP contribution is 2.29. The molecule has 96 valence electrons. The summed E-state index contributed by atoms with van der Waals surface area (Å²) < 4.78 is 35.4. The van der Waals surface area contributed by atoms with Crippen LogP contribution in [0.5, 0.6) is 0 Å². The van der Waals surface area contributed by atoms with Gasteiger partial charge in [-0.15, -0.1) is 0 Å². The second-order valence-electron chi connectivity index (χ2n) is 4.88. The van der Waals surface area contributed by atoms with Crippen LogP contribution in [0, 0.1) is 11.8 Å². The Morgan fingerprint density at radius 2 is 1.75 bits per heavy atom. The van der Waals surface area contributed by atoms with E-state index in [0.29, 0.717) is 11.8 Å². The number of rotatable bonds is 4. The number of hydroxylamine groups is 1. The van der Waals surface area contributed by atoms with Gasteiger partial charge in [0.1, 0.15) is 0 Å². The Morgan fingerprint density at radius 1 is 1.19 bits per heavy atom. The summed E-state index contributed by atoms with van der Waals surface area (Å²) in [5.74, 6) is 1.37. The van der Waals surface area contributed by atoms with Gasteiger partial charge in [0, 0.05) is 6.04 Å². The summed E-state index contributed by atoms with van der Waals surface area (Å²) in [5.41, 5.74) is 2.52. The van der Waals surface area contributed by atoms with Gasteiger partial charge < -0.3 is 0 Å². The number of hydrogen-bond acceptors (Lipinski definition) is 2. The molecular formula is C11H20F3NO. The van der Waals surface area contributed by atoms with E-state index in [-0.39, 0.29) is 6.04 Å². The molecule has 0 bridgehead atoms. The molecule has 0 radical (unpaired) electrons. The smallest absolute Gasteiger partial charge is 0.292 e. The standard InChI is InChI=1S/C11H20F3NO/c1-8(2)9-3-5-10(6-4-9)15-16-7-11(12,13)14/h8-10,15H,3-7H2,1-2H3. The van der Waals surface area contributed by atoms with Gasteiger partial charge in [0.2, 0.25) is 0 Å². The van der Waals surface area contributed by atoms with Crippen LogP contribution in [0.15, 0.2) is 0 Å². The Hall–Kier alpha value is -0.290. The molecule has 5 heteroatoms. The first kappa shape index (κ1) is 13.8. The molecule has 1 fully saturated rings. The zero-order valence-electron chi connectivity index (χ0n) is 9.81. The van der Waals surface area contributed by atoms with E-state index in [1.165, 1.54) is 0 Å². The summed E-state index contributed by atoms with van der Waals surface area (Å²) in [7, 11) is 0. The topological polar surface area (TPSA) is 21.3 Å². The second-order valence-corrected chi connectivity index (χ2v) is 4.88. The molecule has 0 aromatic heterocycles. The molecule has 0 atom stereocenters. The first-order valence-electron chi connectivity index (χ1n) is 5.82. The lowest BCUT2D eigenvalue weighted by Gasteiger charge is -2.31. The van der Waals surface area contributed by atoms with E-state index in [4.69, 9.17) is 0 Å². The van der Waals surface area contributed by atoms with E-state index >= 15 is 0 Å². The minimum atomic E-state index is -4.25. The molecule has 0 aromatic rings. The first-order chi connectivity index (χ1) is 7.38. The fraction of sp³-hybridized carbons (Fsp3) is 1.00. The second kappa shape index (κ2) is 5.87. The van der Waals surface area contributed by atoms with Gasteiger partial charge >= 0.3 is 6.18 Å². The van der Waals surface area contributed by atoms with Crippen molar-refractivity contribution < 1.29 is 18.0 Å². The van der Waals surface area contributed by atoms with Crippen molar-refractivity contribution in [3.8, 4) is 0 Å². The van der Waals surface area contributed by atoms with Crippen LogP contribution in [0.1, 0.15) is 39.5 Å². The van der Waals surface area contributed by atoms with Gasteiger partial charge in [0.05, 0.1) is 0 Å². The summed E-state index contributed by atoms with van der Waals surface area (Å²) >= 11 is 0. The van der Waals surface area contributed by atoms with Gasteiger partial charge in [-0.05, 0) is 37.5 Å². The van der Waals surface area contributed by atoms with Crippen molar-refractivity contribution in [2.45, 2.75) is 51.7 Å². The molecule has 0 saturated heterocycles. The van der Waals surface area contributed by atoms with Crippen molar-refractivity contribution in [3.63, 3.8) is 0 Å². The van der Waals surface area contributed by atoms with Crippen LogP contribution in [-0.4, -0.2) is 18.8 Å². The van der Waals surface area contributed by atoms with Gasteiger partial charge in [0.25, 0.3) is 0 Å².